The average Bonchev–Trinajstić information content (AvgIpc) is 3.05. The van der Waals surface area contributed by atoms with Crippen LogP contribution in [-0.2, 0) is 50.2 Å². The maximum atomic E-state index is 14.2. The predicted molar refractivity (Wildman–Crippen MR) is 168 cm³/mol. The van der Waals surface area contributed by atoms with Gasteiger partial charge in [-0.3, -0.25) is 4.79 Å². The first-order valence-corrected chi connectivity index (χ1v) is 15.7. The first-order chi connectivity index (χ1) is 21.1. The van der Waals surface area contributed by atoms with Crippen molar-refractivity contribution in [3.05, 3.63) is 144 Å². The number of hydrogen-bond acceptors (Lipinski definition) is 7. The molecule has 7 heteroatoms. The number of carbonyl (C=O) groups is 1. The maximum absolute atomic E-state index is 14.2. The zero-order valence-corrected chi connectivity index (χ0v) is 25.1. The molecule has 0 amide bonds. The fourth-order valence-electron chi connectivity index (χ4n) is 5.41. The zero-order valence-electron chi connectivity index (χ0n) is 24.3. The average molecular weight is 599 g/mol. The second-order valence-electron chi connectivity index (χ2n) is 10.7. The molecule has 1 aliphatic rings. The minimum atomic E-state index is -1.69. The molecule has 0 spiro atoms. The molecule has 4 aromatic rings. The molecule has 0 aromatic heterocycles. The molecule has 1 fully saturated rings. The Hall–Kier alpha value is -3.30. The molecule has 43 heavy (non-hydrogen) atoms. The van der Waals surface area contributed by atoms with Crippen molar-refractivity contribution in [2.24, 2.45) is 0 Å². The molecule has 0 bridgehead atoms. The minimum absolute atomic E-state index is 0.116. The van der Waals surface area contributed by atoms with Crippen molar-refractivity contribution >= 4 is 17.5 Å². The highest BCUT2D eigenvalue weighted by molar-refractivity contribution is 8.00. The summed E-state index contributed by atoms with van der Waals surface area (Å²) in [6.45, 7) is 0.832. The summed E-state index contributed by atoms with van der Waals surface area (Å²) in [5.41, 5.74) is 2.10. The van der Waals surface area contributed by atoms with Crippen LogP contribution in [0, 0.1) is 0 Å². The summed E-state index contributed by atoms with van der Waals surface area (Å²) in [6.07, 6.45) is -0.966. The summed E-state index contributed by atoms with van der Waals surface area (Å²) in [5.74, 6) is -0.244. The van der Waals surface area contributed by atoms with Crippen LogP contribution < -0.4 is 0 Å². The van der Waals surface area contributed by atoms with Crippen LogP contribution in [0.3, 0.4) is 0 Å². The Labute approximate surface area is 258 Å². The molecule has 5 rings (SSSR count). The molecule has 6 nitrogen and oxygen atoms in total. The number of carbonyl (C=O) groups excluding carboxylic acids is 1. The number of rotatable bonds is 14. The number of hydrogen-bond donors (Lipinski definition) is 1. The Morgan fingerprint density at radius 2 is 1.05 bits per heavy atom. The lowest BCUT2D eigenvalue weighted by Crippen LogP contribution is -2.71. The number of thioether (sulfide) groups is 1. The lowest BCUT2D eigenvalue weighted by molar-refractivity contribution is -0.238. The lowest BCUT2D eigenvalue weighted by atomic mass is 9.77. The maximum Gasteiger partial charge on any atom is 0.180 e. The third-order valence-corrected chi connectivity index (χ3v) is 8.70. The Balaban J connectivity index is 1.47. The molecule has 224 valence electrons. The Morgan fingerprint density at radius 3 is 1.51 bits per heavy atom. The van der Waals surface area contributed by atoms with Gasteiger partial charge in [0.15, 0.2) is 5.78 Å². The van der Waals surface area contributed by atoms with Gasteiger partial charge >= 0.3 is 0 Å². The molecule has 4 aromatic carbocycles. The van der Waals surface area contributed by atoms with Crippen LogP contribution in [0.2, 0.25) is 0 Å². The van der Waals surface area contributed by atoms with E-state index >= 15 is 0 Å². The van der Waals surface area contributed by atoms with E-state index in [1.807, 2.05) is 128 Å². The van der Waals surface area contributed by atoms with Gasteiger partial charge in [-0.05, 0) is 28.5 Å². The summed E-state index contributed by atoms with van der Waals surface area (Å²) in [4.78, 5) is 14.2. The summed E-state index contributed by atoms with van der Waals surface area (Å²) in [6, 6.07) is 39.0. The van der Waals surface area contributed by atoms with Gasteiger partial charge in [-0.25, -0.2) is 0 Å². The van der Waals surface area contributed by atoms with E-state index in [4.69, 9.17) is 18.9 Å². The number of Topliss-reactive ketones (excluding diaryl/α,β-unsaturated/α-hetero) is 1. The van der Waals surface area contributed by atoms with Crippen molar-refractivity contribution in [1.82, 2.24) is 0 Å². The van der Waals surface area contributed by atoms with Gasteiger partial charge in [-0.2, -0.15) is 11.8 Å². The Kier molecular flexibility index (Phi) is 11.2. The van der Waals surface area contributed by atoms with E-state index in [0.29, 0.717) is 0 Å². The lowest BCUT2D eigenvalue weighted by Gasteiger charge is -2.49. The van der Waals surface area contributed by atoms with Crippen molar-refractivity contribution in [3.63, 3.8) is 0 Å². The van der Waals surface area contributed by atoms with E-state index < -0.39 is 29.2 Å². The van der Waals surface area contributed by atoms with Crippen LogP contribution in [0.5, 0.6) is 0 Å². The highest BCUT2D eigenvalue weighted by atomic mass is 32.2. The second-order valence-corrected chi connectivity index (χ2v) is 11.6. The van der Waals surface area contributed by atoms with E-state index in [1.165, 1.54) is 11.8 Å². The minimum Gasteiger partial charge on any atom is -0.383 e. The predicted octanol–water partition coefficient (Wildman–Crippen LogP) is 6.00. The Bertz CT molecular complexity index is 1390. The van der Waals surface area contributed by atoms with Crippen molar-refractivity contribution in [2.75, 3.05) is 12.9 Å². The zero-order chi connectivity index (χ0) is 29.9. The normalized spacial score (nSPS) is 23.7. The smallest absolute Gasteiger partial charge is 0.180 e. The Morgan fingerprint density at radius 1 is 0.628 bits per heavy atom. The van der Waals surface area contributed by atoms with Crippen LogP contribution in [0.4, 0.5) is 0 Å². The summed E-state index contributed by atoms with van der Waals surface area (Å²) in [5, 5.41) is 11.6. The molecule has 5 atom stereocenters. The molecular weight excluding hydrogens is 560 g/mol. The SMILES string of the molecule is CS[C@H]1C(=O)[C@H](OCc2ccccc2)[C@@H](OCc2ccccc2)[C@H](OCc2ccccc2)[C@]1(O)COCc1ccccc1. The first kappa shape index (κ1) is 31.1. The number of benzene rings is 4. The van der Waals surface area contributed by atoms with Gasteiger partial charge < -0.3 is 24.1 Å². The third-order valence-electron chi connectivity index (χ3n) is 7.59. The number of ether oxygens (including phenoxy) is 4. The van der Waals surface area contributed by atoms with Crippen LogP contribution in [0.1, 0.15) is 22.3 Å². The molecule has 0 radical (unpaired) electrons. The molecule has 1 N–H and O–H groups in total. The van der Waals surface area contributed by atoms with Crippen LogP contribution in [-0.4, -0.2) is 52.9 Å². The molecule has 0 heterocycles. The monoisotopic (exact) mass is 598 g/mol. The standard InChI is InChI=1S/C36H38O6S/c1-43-35-31(37)32(40-23-28-16-8-3-9-17-28)33(41-24-29-18-10-4-11-19-29)34(42-25-30-20-12-5-13-21-30)36(35,38)26-39-22-27-14-6-2-7-15-27/h2-21,32-35,38H,22-26H2,1H3/t32-,33+,34-,35-,36+/m0/s1. The second kappa shape index (κ2) is 15.4. The van der Waals surface area contributed by atoms with Gasteiger partial charge in [0.2, 0.25) is 0 Å². The summed E-state index contributed by atoms with van der Waals surface area (Å²) < 4.78 is 25.5. The van der Waals surface area contributed by atoms with Crippen molar-refractivity contribution in [1.29, 1.82) is 0 Å². The molecule has 0 unspecified atom stereocenters. The highest BCUT2D eigenvalue weighted by Crippen LogP contribution is 2.40. The summed E-state index contributed by atoms with van der Waals surface area (Å²) in [7, 11) is 0. The van der Waals surface area contributed by atoms with Gasteiger partial charge in [0.25, 0.3) is 0 Å². The van der Waals surface area contributed by atoms with Crippen LogP contribution in [0.15, 0.2) is 121 Å². The van der Waals surface area contributed by atoms with E-state index in [-0.39, 0.29) is 38.8 Å². The molecule has 0 saturated heterocycles. The quantitative estimate of drug-likeness (QED) is 0.191. The van der Waals surface area contributed by atoms with E-state index in [1.54, 1.807) is 0 Å². The fourth-order valence-corrected chi connectivity index (χ4v) is 6.39. The van der Waals surface area contributed by atoms with Crippen LogP contribution >= 0.6 is 11.8 Å². The third kappa shape index (κ3) is 8.00. The van der Waals surface area contributed by atoms with Gasteiger partial charge in [0.1, 0.15) is 23.9 Å². The van der Waals surface area contributed by atoms with Crippen LogP contribution in [0.25, 0.3) is 0 Å². The molecule has 1 aliphatic carbocycles. The topological polar surface area (TPSA) is 74.2 Å². The van der Waals surface area contributed by atoms with E-state index in [2.05, 4.69) is 0 Å². The molecule has 0 aliphatic heterocycles. The number of aliphatic hydroxyl groups is 1. The fraction of sp³-hybridized carbons (Fsp3) is 0.306. The number of ketones is 1. The van der Waals surface area contributed by atoms with Crippen molar-refractivity contribution in [3.8, 4) is 0 Å². The first-order valence-electron chi connectivity index (χ1n) is 14.5. The summed E-state index contributed by atoms with van der Waals surface area (Å²) >= 11 is 1.28. The van der Waals surface area contributed by atoms with Gasteiger partial charge in [0.05, 0.1) is 38.3 Å². The molecule has 1 saturated carbocycles. The van der Waals surface area contributed by atoms with Gasteiger partial charge in [-0.15, -0.1) is 0 Å². The van der Waals surface area contributed by atoms with Gasteiger partial charge in [-0.1, -0.05) is 121 Å². The van der Waals surface area contributed by atoms with E-state index in [9.17, 15) is 9.90 Å². The largest absolute Gasteiger partial charge is 0.383 e. The molecular formula is C36H38O6S. The van der Waals surface area contributed by atoms with Crippen molar-refractivity contribution < 1.29 is 28.8 Å². The van der Waals surface area contributed by atoms with Gasteiger partial charge in [0, 0.05) is 0 Å². The van der Waals surface area contributed by atoms with Crippen molar-refractivity contribution in [2.45, 2.75) is 55.6 Å². The highest BCUT2D eigenvalue weighted by Gasteiger charge is 2.60. The van der Waals surface area contributed by atoms with E-state index in [0.717, 1.165) is 22.3 Å².